The van der Waals surface area contributed by atoms with Crippen molar-refractivity contribution in [1.29, 1.82) is 0 Å². The Morgan fingerprint density at radius 1 is 1.35 bits per heavy atom. The quantitative estimate of drug-likeness (QED) is 0.754. The van der Waals surface area contributed by atoms with Gasteiger partial charge in [0.1, 0.15) is 5.76 Å². The molecule has 0 atom stereocenters. The molecule has 0 unspecified atom stereocenters. The van der Waals surface area contributed by atoms with E-state index in [0.717, 1.165) is 31.1 Å². The molecule has 0 spiro atoms. The Bertz CT molecular complexity index is 510. The van der Waals surface area contributed by atoms with Gasteiger partial charge in [0.25, 0.3) is 10.0 Å². The van der Waals surface area contributed by atoms with Crippen LogP contribution in [0.25, 0.3) is 0 Å². The lowest BCUT2D eigenvalue weighted by Gasteiger charge is -2.25. The van der Waals surface area contributed by atoms with E-state index in [0.29, 0.717) is 18.8 Å². The zero-order valence-corrected chi connectivity index (χ0v) is 13.2. The van der Waals surface area contributed by atoms with Crippen molar-refractivity contribution in [3.8, 4) is 0 Å². The monoisotopic (exact) mass is 319 g/mol. The molecule has 0 aromatic carbocycles. The molecule has 2 N–H and O–H groups in total. The van der Waals surface area contributed by atoms with Crippen molar-refractivity contribution < 1.29 is 12.8 Å². The van der Waals surface area contributed by atoms with Crippen LogP contribution >= 0.6 is 11.8 Å². The largest absolute Gasteiger partial charge is 0.447 e. The average Bonchev–Trinajstić information content (AvgIpc) is 2.90. The Hall–Kier alpha value is -0.540. The molecule has 114 valence electrons. The molecular formula is C12H21N3O3S2. The third-order valence-corrected chi connectivity index (χ3v) is 5.35. The van der Waals surface area contributed by atoms with Crippen molar-refractivity contribution in [1.82, 2.24) is 14.9 Å². The van der Waals surface area contributed by atoms with Crippen molar-refractivity contribution in [3.63, 3.8) is 0 Å². The second kappa shape index (κ2) is 7.46. The van der Waals surface area contributed by atoms with E-state index in [1.54, 1.807) is 13.1 Å². The van der Waals surface area contributed by atoms with Crippen LogP contribution in [0, 0.1) is 0 Å². The summed E-state index contributed by atoms with van der Waals surface area (Å²) in [5, 5.41) is 2.90. The highest BCUT2D eigenvalue weighted by molar-refractivity contribution is 7.99. The van der Waals surface area contributed by atoms with E-state index in [4.69, 9.17) is 4.42 Å². The fraction of sp³-hybridized carbons (Fsp3) is 0.667. The lowest BCUT2D eigenvalue weighted by molar-refractivity contribution is 0.307. The highest BCUT2D eigenvalue weighted by atomic mass is 32.2. The SMILES string of the molecule is CNCc1ccc(S(=O)(=O)NCCN2CCSCC2)o1. The molecule has 0 radical (unpaired) electrons. The van der Waals surface area contributed by atoms with Crippen LogP contribution in [-0.2, 0) is 16.6 Å². The fourth-order valence-electron chi connectivity index (χ4n) is 2.01. The summed E-state index contributed by atoms with van der Waals surface area (Å²) in [4.78, 5) is 2.27. The zero-order chi connectivity index (χ0) is 14.4. The van der Waals surface area contributed by atoms with Gasteiger partial charge in [-0.1, -0.05) is 0 Å². The van der Waals surface area contributed by atoms with Crippen molar-refractivity contribution in [2.45, 2.75) is 11.6 Å². The first-order chi connectivity index (χ1) is 9.62. The minimum atomic E-state index is -3.53. The van der Waals surface area contributed by atoms with E-state index in [1.807, 2.05) is 11.8 Å². The molecular weight excluding hydrogens is 298 g/mol. The summed E-state index contributed by atoms with van der Waals surface area (Å²) in [6, 6.07) is 3.17. The normalized spacial score (nSPS) is 17.4. The van der Waals surface area contributed by atoms with E-state index < -0.39 is 10.0 Å². The number of nitrogens with one attached hydrogen (secondary N) is 2. The number of sulfonamides is 1. The van der Waals surface area contributed by atoms with E-state index in [-0.39, 0.29) is 5.09 Å². The van der Waals surface area contributed by atoms with Gasteiger partial charge in [-0.25, -0.2) is 13.1 Å². The number of thioether (sulfide) groups is 1. The lowest BCUT2D eigenvalue weighted by Crippen LogP contribution is -2.39. The molecule has 2 rings (SSSR count). The van der Waals surface area contributed by atoms with Crippen LogP contribution < -0.4 is 10.0 Å². The van der Waals surface area contributed by atoms with Crippen LogP contribution in [0.2, 0.25) is 0 Å². The Kier molecular flexibility index (Phi) is 5.91. The average molecular weight is 319 g/mol. The Balaban J connectivity index is 1.83. The highest BCUT2D eigenvalue weighted by Gasteiger charge is 2.19. The number of hydrogen-bond donors (Lipinski definition) is 2. The molecule has 2 heterocycles. The molecule has 1 aromatic rings. The van der Waals surface area contributed by atoms with Gasteiger partial charge in [0.2, 0.25) is 5.09 Å². The topological polar surface area (TPSA) is 74.6 Å². The summed E-state index contributed by atoms with van der Waals surface area (Å²) in [7, 11) is -1.75. The van der Waals surface area contributed by atoms with Gasteiger partial charge in [-0.15, -0.1) is 0 Å². The van der Waals surface area contributed by atoms with Crippen LogP contribution in [0.1, 0.15) is 5.76 Å². The first kappa shape index (κ1) is 15.8. The van der Waals surface area contributed by atoms with Gasteiger partial charge in [-0.3, -0.25) is 0 Å². The minimum Gasteiger partial charge on any atom is -0.447 e. The number of rotatable bonds is 7. The minimum absolute atomic E-state index is 0.0167. The maximum absolute atomic E-state index is 12.0. The van der Waals surface area contributed by atoms with Gasteiger partial charge in [-0.2, -0.15) is 11.8 Å². The van der Waals surface area contributed by atoms with E-state index >= 15 is 0 Å². The Morgan fingerprint density at radius 2 is 2.10 bits per heavy atom. The standard InChI is InChI=1S/C12H21N3O3S2/c1-13-10-11-2-3-12(18-11)20(16,17)14-4-5-15-6-8-19-9-7-15/h2-3,13-14H,4-10H2,1H3. The molecule has 8 heteroatoms. The number of furan rings is 1. The molecule has 1 aliphatic heterocycles. The Morgan fingerprint density at radius 3 is 2.80 bits per heavy atom. The van der Waals surface area contributed by atoms with Gasteiger partial charge in [0.15, 0.2) is 0 Å². The summed E-state index contributed by atoms with van der Waals surface area (Å²) in [6.45, 7) is 3.72. The van der Waals surface area contributed by atoms with Crippen molar-refractivity contribution in [2.24, 2.45) is 0 Å². The molecule has 1 fully saturated rings. The number of nitrogens with zero attached hydrogens (tertiary/aromatic N) is 1. The molecule has 20 heavy (non-hydrogen) atoms. The first-order valence-electron chi connectivity index (χ1n) is 6.65. The van der Waals surface area contributed by atoms with Gasteiger partial charge in [0.05, 0.1) is 6.54 Å². The van der Waals surface area contributed by atoms with Gasteiger partial charge >= 0.3 is 0 Å². The summed E-state index contributed by atoms with van der Waals surface area (Å²) in [6.07, 6.45) is 0. The highest BCUT2D eigenvalue weighted by Crippen LogP contribution is 2.13. The summed E-state index contributed by atoms with van der Waals surface area (Å²) < 4.78 is 32.0. The van der Waals surface area contributed by atoms with E-state index in [2.05, 4.69) is 14.9 Å². The van der Waals surface area contributed by atoms with Crippen LogP contribution in [0.4, 0.5) is 0 Å². The Labute approximate surface area is 124 Å². The smallest absolute Gasteiger partial charge is 0.274 e. The molecule has 1 aliphatic rings. The molecule has 1 aromatic heterocycles. The van der Waals surface area contributed by atoms with Crippen molar-refractivity contribution in [2.75, 3.05) is 44.7 Å². The summed E-state index contributed by atoms with van der Waals surface area (Å²) in [5.41, 5.74) is 0. The molecule has 6 nitrogen and oxygen atoms in total. The predicted octanol–water partition coefficient (Wildman–Crippen LogP) is 0.326. The van der Waals surface area contributed by atoms with Gasteiger partial charge in [-0.05, 0) is 19.2 Å². The molecule has 0 saturated carbocycles. The summed E-state index contributed by atoms with van der Waals surface area (Å²) >= 11 is 1.94. The second-order valence-electron chi connectivity index (χ2n) is 4.60. The zero-order valence-electron chi connectivity index (χ0n) is 11.6. The molecule has 0 bridgehead atoms. The predicted molar refractivity (Wildman–Crippen MR) is 80.4 cm³/mol. The summed E-state index contributed by atoms with van der Waals surface area (Å²) in [5.74, 6) is 2.86. The van der Waals surface area contributed by atoms with Gasteiger partial charge < -0.3 is 14.6 Å². The van der Waals surface area contributed by atoms with Crippen LogP contribution in [0.3, 0.4) is 0 Å². The van der Waals surface area contributed by atoms with Crippen LogP contribution in [0.15, 0.2) is 21.6 Å². The third-order valence-electron chi connectivity index (χ3n) is 3.08. The maximum atomic E-state index is 12.0. The van der Waals surface area contributed by atoms with E-state index in [1.165, 1.54) is 6.07 Å². The van der Waals surface area contributed by atoms with Crippen molar-refractivity contribution in [3.05, 3.63) is 17.9 Å². The van der Waals surface area contributed by atoms with Crippen LogP contribution in [-0.4, -0.2) is 58.1 Å². The fourth-order valence-corrected chi connectivity index (χ4v) is 3.95. The molecule has 0 amide bonds. The lowest BCUT2D eigenvalue weighted by atomic mass is 10.4. The molecule has 1 saturated heterocycles. The maximum Gasteiger partial charge on any atom is 0.274 e. The van der Waals surface area contributed by atoms with Crippen molar-refractivity contribution >= 4 is 21.8 Å². The van der Waals surface area contributed by atoms with Crippen LogP contribution in [0.5, 0.6) is 0 Å². The first-order valence-corrected chi connectivity index (χ1v) is 9.29. The van der Waals surface area contributed by atoms with E-state index in [9.17, 15) is 8.42 Å². The third kappa shape index (κ3) is 4.49. The van der Waals surface area contributed by atoms with Gasteiger partial charge in [0, 0.05) is 37.7 Å². The molecule has 0 aliphatic carbocycles. The second-order valence-corrected chi connectivity index (χ2v) is 7.53. The number of hydrogen-bond acceptors (Lipinski definition) is 6.